The van der Waals surface area contributed by atoms with Crippen molar-refractivity contribution in [2.45, 2.75) is 78.8 Å². The molecule has 0 rings (SSSR count). The third kappa shape index (κ3) is 6.42. The Kier molecular flexibility index (Phi) is 8.26. The van der Waals surface area contributed by atoms with Crippen molar-refractivity contribution in [1.29, 1.82) is 0 Å². The van der Waals surface area contributed by atoms with Crippen LogP contribution >= 0.6 is 0 Å². The maximum absolute atomic E-state index is 3.71. The Morgan fingerprint density at radius 1 is 1.00 bits per heavy atom. The molecular weight excluding hydrogens is 170 g/mol. The van der Waals surface area contributed by atoms with Gasteiger partial charge in [0.05, 0.1) is 0 Å². The van der Waals surface area contributed by atoms with Crippen LogP contribution in [0.1, 0.15) is 66.7 Å². The molecule has 0 radical (unpaired) electrons. The van der Waals surface area contributed by atoms with Gasteiger partial charge in [0.25, 0.3) is 0 Å². The zero-order valence-electron chi connectivity index (χ0n) is 10.8. The molecule has 3 unspecified atom stereocenters. The molecule has 0 fully saturated rings. The molecule has 86 valence electrons. The van der Waals surface area contributed by atoms with Crippen LogP contribution in [-0.2, 0) is 0 Å². The second-order valence-electron chi connectivity index (χ2n) is 4.71. The van der Waals surface area contributed by atoms with Gasteiger partial charge in [-0.15, -0.1) is 0 Å². The van der Waals surface area contributed by atoms with Gasteiger partial charge in [0.2, 0.25) is 0 Å². The predicted molar refractivity (Wildman–Crippen MR) is 65.7 cm³/mol. The van der Waals surface area contributed by atoms with Gasteiger partial charge < -0.3 is 5.32 Å². The third-order valence-electron chi connectivity index (χ3n) is 3.09. The quantitative estimate of drug-likeness (QED) is 0.623. The Morgan fingerprint density at radius 3 is 2.07 bits per heavy atom. The lowest BCUT2D eigenvalue weighted by molar-refractivity contribution is 0.345. The van der Waals surface area contributed by atoms with Crippen molar-refractivity contribution in [2.75, 3.05) is 0 Å². The summed E-state index contributed by atoms with van der Waals surface area (Å²) in [6.07, 6.45) is 6.53. The molecule has 1 heteroatoms. The lowest BCUT2D eigenvalue weighted by atomic mass is 9.95. The van der Waals surface area contributed by atoms with Crippen LogP contribution < -0.4 is 5.32 Å². The molecule has 0 saturated carbocycles. The van der Waals surface area contributed by atoms with E-state index in [9.17, 15) is 0 Å². The fraction of sp³-hybridized carbons (Fsp3) is 1.00. The lowest BCUT2D eigenvalue weighted by Gasteiger charge is -2.24. The van der Waals surface area contributed by atoms with Crippen LogP contribution in [0.4, 0.5) is 0 Å². The first-order valence-corrected chi connectivity index (χ1v) is 6.39. The molecule has 0 aromatic rings. The average Bonchev–Trinajstić information content (AvgIpc) is 2.16. The first-order valence-electron chi connectivity index (χ1n) is 6.39. The van der Waals surface area contributed by atoms with Gasteiger partial charge in [0, 0.05) is 12.1 Å². The molecule has 0 aliphatic carbocycles. The van der Waals surface area contributed by atoms with Gasteiger partial charge in [0.1, 0.15) is 0 Å². The van der Waals surface area contributed by atoms with Crippen molar-refractivity contribution >= 4 is 0 Å². The highest BCUT2D eigenvalue weighted by Crippen LogP contribution is 2.14. The Bertz CT molecular complexity index is 122. The van der Waals surface area contributed by atoms with Crippen molar-refractivity contribution in [3.05, 3.63) is 0 Å². The van der Waals surface area contributed by atoms with Gasteiger partial charge in [-0.2, -0.15) is 0 Å². The van der Waals surface area contributed by atoms with Crippen LogP contribution in [0.25, 0.3) is 0 Å². The summed E-state index contributed by atoms with van der Waals surface area (Å²) in [4.78, 5) is 0. The van der Waals surface area contributed by atoms with Gasteiger partial charge in [-0.1, -0.05) is 40.5 Å². The number of rotatable bonds is 8. The molecule has 14 heavy (non-hydrogen) atoms. The van der Waals surface area contributed by atoms with E-state index in [0.29, 0.717) is 6.04 Å². The zero-order valence-corrected chi connectivity index (χ0v) is 10.8. The minimum Gasteiger partial charge on any atom is -0.312 e. The van der Waals surface area contributed by atoms with E-state index in [1.54, 1.807) is 0 Å². The van der Waals surface area contributed by atoms with Crippen LogP contribution in [-0.4, -0.2) is 12.1 Å². The standard InChI is InChI=1S/C13H29N/c1-6-9-11(4)10-13(8-3)14-12(5)7-2/h11-14H,6-10H2,1-5H3. The number of hydrogen-bond acceptors (Lipinski definition) is 1. The average molecular weight is 199 g/mol. The molecule has 0 heterocycles. The van der Waals surface area contributed by atoms with Gasteiger partial charge >= 0.3 is 0 Å². The van der Waals surface area contributed by atoms with Gasteiger partial charge in [-0.25, -0.2) is 0 Å². The van der Waals surface area contributed by atoms with E-state index in [4.69, 9.17) is 0 Å². The summed E-state index contributed by atoms with van der Waals surface area (Å²) in [5, 5.41) is 3.71. The summed E-state index contributed by atoms with van der Waals surface area (Å²) in [6.45, 7) is 11.5. The van der Waals surface area contributed by atoms with Gasteiger partial charge in [0.15, 0.2) is 0 Å². The molecule has 0 bridgehead atoms. The van der Waals surface area contributed by atoms with Gasteiger partial charge in [-0.3, -0.25) is 0 Å². The molecule has 1 N–H and O–H groups in total. The number of hydrogen-bond donors (Lipinski definition) is 1. The second kappa shape index (κ2) is 8.28. The van der Waals surface area contributed by atoms with Crippen LogP contribution in [0.15, 0.2) is 0 Å². The van der Waals surface area contributed by atoms with E-state index in [1.807, 2.05) is 0 Å². The first-order chi connectivity index (χ1) is 6.63. The highest BCUT2D eigenvalue weighted by molar-refractivity contribution is 4.71. The summed E-state index contributed by atoms with van der Waals surface area (Å²) < 4.78 is 0. The molecule has 0 aliphatic heterocycles. The van der Waals surface area contributed by atoms with E-state index < -0.39 is 0 Å². The predicted octanol–water partition coefficient (Wildman–Crippen LogP) is 3.98. The van der Waals surface area contributed by atoms with Crippen LogP contribution in [0.2, 0.25) is 0 Å². The van der Waals surface area contributed by atoms with Crippen LogP contribution in [0.5, 0.6) is 0 Å². The van der Waals surface area contributed by atoms with Gasteiger partial charge in [-0.05, 0) is 32.1 Å². The lowest BCUT2D eigenvalue weighted by Crippen LogP contribution is -2.36. The Labute approximate surface area is 90.7 Å². The normalized spacial score (nSPS) is 17.8. The van der Waals surface area contributed by atoms with E-state index in [2.05, 4.69) is 39.9 Å². The molecule has 0 amide bonds. The maximum Gasteiger partial charge on any atom is 0.00694 e. The Balaban J connectivity index is 3.77. The summed E-state index contributed by atoms with van der Waals surface area (Å²) in [7, 11) is 0. The van der Waals surface area contributed by atoms with E-state index >= 15 is 0 Å². The van der Waals surface area contributed by atoms with Crippen molar-refractivity contribution < 1.29 is 0 Å². The second-order valence-corrected chi connectivity index (χ2v) is 4.71. The molecule has 0 spiro atoms. The molecule has 0 aromatic carbocycles. The highest BCUT2D eigenvalue weighted by atomic mass is 14.9. The van der Waals surface area contributed by atoms with Crippen molar-refractivity contribution in [1.82, 2.24) is 5.32 Å². The molecule has 0 saturated heterocycles. The SMILES string of the molecule is CCCC(C)CC(CC)NC(C)CC. The molecule has 0 aromatic heterocycles. The molecule has 3 atom stereocenters. The summed E-state index contributed by atoms with van der Waals surface area (Å²) in [6, 6.07) is 1.40. The molecule has 0 aliphatic rings. The fourth-order valence-corrected chi connectivity index (χ4v) is 1.97. The Hall–Kier alpha value is -0.0400. The van der Waals surface area contributed by atoms with Crippen LogP contribution in [0, 0.1) is 5.92 Å². The molecule has 1 nitrogen and oxygen atoms in total. The monoisotopic (exact) mass is 199 g/mol. The minimum atomic E-state index is 0.675. The summed E-state index contributed by atoms with van der Waals surface area (Å²) in [5.41, 5.74) is 0. The van der Waals surface area contributed by atoms with Crippen LogP contribution in [0.3, 0.4) is 0 Å². The highest BCUT2D eigenvalue weighted by Gasteiger charge is 2.12. The number of nitrogens with one attached hydrogen (secondary N) is 1. The minimum absolute atomic E-state index is 0.675. The fourth-order valence-electron chi connectivity index (χ4n) is 1.97. The van der Waals surface area contributed by atoms with E-state index in [1.165, 1.54) is 32.1 Å². The third-order valence-corrected chi connectivity index (χ3v) is 3.09. The van der Waals surface area contributed by atoms with E-state index in [0.717, 1.165) is 12.0 Å². The topological polar surface area (TPSA) is 12.0 Å². The largest absolute Gasteiger partial charge is 0.312 e. The summed E-state index contributed by atoms with van der Waals surface area (Å²) in [5.74, 6) is 0.876. The maximum atomic E-state index is 3.71. The van der Waals surface area contributed by atoms with Crippen molar-refractivity contribution in [3.8, 4) is 0 Å². The Morgan fingerprint density at radius 2 is 1.64 bits per heavy atom. The summed E-state index contributed by atoms with van der Waals surface area (Å²) >= 11 is 0. The molecular formula is C13H29N. The van der Waals surface area contributed by atoms with Crippen molar-refractivity contribution in [3.63, 3.8) is 0 Å². The van der Waals surface area contributed by atoms with E-state index in [-0.39, 0.29) is 0 Å². The van der Waals surface area contributed by atoms with Crippen molar-refractivity contribution in [2.24, 2.45) is 5.92 Å². The zero-order chi connectivity index (χ0) is 11.0. The smallest absolute Gasteiger partial charge is 0.00694 e. The first kappa shape index (κ1) is 14.0.